The van der Waals surface area contributed by atoms with Crippen molar-refractivity contribution in [3.05, 3.63) is 101 Å². The van der Waals surface area contributed by atoms with Gasteiger partial charge in [-0.1, -0.05) is 56.3 Å². The molecule has 146 valence electrons. The van der Waals surface area contributed by atoms with Crippen LogP contribution in [0.4, 0.5) is 4.39 Å². The van der Waals surface area contributed by atoms with Crippen molar-refractivity contribution in [2.75, 3.05) is 0 Å². The fourth-order valence-corrected chi connectivity index (χ4v) is 3.16. The summed E-state index contributed by atoms with van der Waals surface area (Å²) >= 11 is 0. The van der Waals surface area contributed by atoms with Gasteiger partial charge in [-0.15, -0.1) is 0 Å². The van der Waals surface area contributed by atoms with E-state index in [9.17, 15) is 9.18 Å². The topological polar surface area (TPSA) is 35.5 Å². The number of ketones is 1. The van der Waals surface area contributed by atoms with Crippen LogP contribution < -0.4 is 9.47 Å². The highest BCUT2D eigenvalue weighted by Crippen LogP contribution is 2.35. The van der Waals surface area contributed by atoms with Crippen molar-refractivity contribution < 1.29 is 18.7 Å². The van der Waals surface area contributed by atoms with E-state index in [0.717, 1.165) is 5.56 Å². The van der Waals surface area contributed by atoms with Crippen LogP contribution in [-0.2, 0) is 6.61 Å². The van der Waals surface area contributed by atoms with Gasteiger partial charge in [-0.05, 0) is 41.3 Å². The van der Waals surface area contributed by atoms with E-state index in [0.29, 0.717) is 28.5 Å². The van der Waals surface area contributed by atoms with Crippen molar-refractivity contribution in [3.63, 3.8) is 0 Å². The van der Waals surface area contributed by atoms with Crippen LogP contribution in [0.15, 0.2) is 72.5 Å². The van der Waals surface area contributed by atoms with Gasteiger partial charge in [0.1, 0.15) is 23.9 Å². The highest BCUT2D eigenvalue weighted by molar-refractivity contribution is 6.14. The zero-order chi connectivity index (χ0) is 20.4. The van der Waals surface area contributed by atoms with E-state index in [1.807, 2.05) is 12.1 Å². The number of hydrogen-bond acceptors (Lipinski definition) is 3. The summed E-state index contributed by atoms with van der Waals surface area (Å²) in [6, 6.07) is 19.6. The van der Waals surface area contributed by atoms with Gasteiger partial charge < -0.3 is 9.47 Å². The lowest BCUT2D eigenvalue weighted by Crippen LogP contribution is -1.98. The quantitative estimate of drug-likeness (QED) is 0.492. The fraction of sp³-hybridized carbons (Fsp3) is 0.160. The molecule has 0 spiro atoms. The number of rotatable bonds is 5. The van der Waals surface area contributed by atoms with Crippen LogP contribution in [0.1, 0.15) is 46.8 Å². The van der Waals surface area contributed by atoms with Gasteiger partial charge in [-0.2, -0.15) is 0 Å². The molecule has 0 fully saturated rings. The smallest absolute Gasteiger partial charge is 0.231 e. The number of carbonyl (C=O) groups is 1. The molecular weight excluding hydrogens is 367 g/mol. The number of allylic oxidation sites excluding steroid dienone is 1. The zero-order valence-electron chi connectivity index (χ0n) is 16.3. The highest BCUT2D eigenvalue weighted by Gasteiger charge is 2.27. The third-order valence-corrected chi connectivity index (χ3v) is 4.89. The highest BCUT2D eigenvalue weighted by atomic mass is 19.1. The van der Waals surface area contributed by atoms with E-state index < -0.39 is 0 Å². The minimum absolute atomic E-state index is 0.101. The van der Waals surface area contributed by atoms with Gasteiger partial charge >= 0.3 is 0 Å². The Morgan fingerprint density at radius 3 is 2.52 bits per heavy atom. The molecule has 0 atom stereocenters. The number of halogens is 1. The van der Waals surface area contributed by atoms with Crippen molar-refractivity contribution in [2.45, 2.75) is 26.4 Å². The van der Waals surface area contributed by atoms with Gasteiger partial charge in [-0.25, -0.2) is 4.39 Å². The zero-order valence-corrected chi connectivity index (χ0v) is 16.3. The number of benzene rings is 3. The molecule has 0 bridgehead atoms. The summed E-state index contributed by atoms with van der Waals surface area (Å²) < 4.78 is 25.2. The first-order valence-electron chi connectivity index (χ1n) is 9.56. The molecule has 0 aliphatic carbocycles. The second-order valence-electron chi connectivity index (χ2n) is 7.30. The van der Waals surface area contributed by atoms with Crippen LogP contribution >= 0.6 is 0 Å². The molecular formula is C25H21FO3. The summed E-state index contributed by atoms with van der Waals surface area (Å²) in [5, 5.41) is 0. The lowest BCUT2D eigenvalue weighted by molar-refractivity contribution is 0.101. The molecule has 0 radical (unpaired) electrons. The lowest BCUT2D eigenvalue weighted by Gasteiger charge is -2.08. The minimum Gasteiger partial charge on any atom is -0.489 e. The summed E-state index contributed by atoms with van der Waals surface area (Å²) in [4.78, 5) is 12.6. The Hall–Kier alpha value is -3.40. The Morgan fingerprint density at radius 1 is 1.03 bits per heavy atom. The van der Waals surface area contributed by atoms with Gasteiger partial charge in [0.25, 0.3) is 0 Å². The molecule has 3 nitrogen and oxygen atoms in total. The molecule has 0 amide bonds. The number of carbonyl (C=O) groups excluding carboxylic acids is 1. The van der Waals surface area contributed by atoms with Crippen molar-refractivity contribution in [1.29, 1.82) is 0 Å². The van der Waals surface area contributed by atoms with Crippen molar-refractivity contribution >= 4 is 11.9 Å². The Kier molecular flexibility index (Phi) is 5.17. The van der Waals surface area contributed by atoms with Crippen LogP contribution in [-0.4, -0.2) is 5.78 Å². The van der Waals surface area contributed by atoms with Gasteiger partial charge in [0, 0.05) is 11.6 Å². The lowest BCUT2D eigenvalue weighted by atomic mass is 10.0. The summed E-state index contributed by atoms with van der Waals surface area (Å²) in [6.45, 7) is 4.38. The molecule has 0 saturated heterocycles. The maximum atomic E-state index is 13.7. The summed E-state index contributed by atoms with van der Waals surface area (Å²) in [5.41, 5.74) is 3.11. The van der Waals surface area contributed by atoms with Crippen molar-refractivity contribution in [1.82, 2.24) is 0 Å². The van der Waals surface area contributed by atoms with Gasteiger partial charge in [0.2, 0.25) is 5.78 Å². The number of fused-ring (bicyclic) bond motifs is 1. The molecule has 1 aliphatic heterocycles. The predicted molar refractivity (Wildman–Crippen MR) is 111 cm³/mol. The third kappa shape index (κ3) is 4.06. The molecule has 29 heavy (non-hydrogen) atoms. The molecule has 4 heteroatoms. The first-order chi connectivity index (χ1) is 14.0. The average molecular weight is 388 g/mol. The van der Waals surface area contributed by atoms with E-state index in [-0.39, 0.29) is 24.0 Å². The number of hydrogen-bond donors (Lipinski definition) is 0. The maximum Gasteiger partial charge on any atom is 0.231 e. The second kappa shape index (κ2) is 7.92. The molecule has 0 N–H and O–H groups in total. The largest absolute Gasteiger partial charge is 0.489 e. The van der Waals surface area contributed by atoms with Crippen LogP contribution in [0.5, 0.6) is 11.5 Å². The molecule has 0 aromatic heterocycles. The summed E-state index contributed by atoms with van der Waals surface area (Å²) in [5.74, 6) is 1.23. The first kappa shape index (κ1) is 18.9. The normalized spacial score (nSPS) is 14.2. The Morgan fingerprint density at radius 2 is 1.79 bits per heavy atom. The van der Waals surface area contributed by atoms with Crippen LogP contribution in [0.25, 0.3) is 6.08 Å². The molecule has 3 aromatic rings. The standard InChI is InChI=1S/C25H21FO3/c1-16(2)18-9-7-17(8-10-18)13-24-25(27)21-12-11-20(14-23(21)29-24)28-15-19-5-3-4-6-22(19)26/h3-14,16H,15H2,1-2H3. The van der Waals surface area contributed by atoms with E-state index in [1.54, 1.807) is 42.5 Å². The second-order valence-corrected chi connectivity index (χ2v) is 7.30. The Balaban J connectivity index is 1.50. The fourth-order valence-electron chi connectivity index (χ4n) is 3.16. The number of Topliss-reactive ketones (excluding diaryl/α,β-unsaturated/α-hetero) is 1. The minimum atomic E-state index is -0.311. The molecule has 0 saturated carbocycles. The first-order valence-corrected chi connectivity index (χ1v) is 9.56. The SMILES string of the molecule is CC(C)c1ccc(C=C2Oc3cc(OCc4ccccc4F)ccc3C2=O)cc1. The molecule has 1 aliphatic rings. The predicted octanol–water partition coefficient (Wildman–Crippen LogP) is 6.14. The molecule has 1 heterocycles. The van der Waals surface area contributed by atoms with Crippen LogP contribution in [0.3, 0.4) is 0 Å². The molecule has 4 rings (SSSR count). The van der Waals surface area contributed by atoms with Crippen molar-refractivity contribution in [2.24, 2.45) is 0 Å². The van der Waals surface area contributed by atoms with E-state index in [4.69, 9.17) is 9.47 Å². The maximum absolute atomic E-state index is 13.7. The average Bonchev–Trinajstić information content (AvgIpc) is 3.02. The molecule has 0 unspecified atom stereocenters. The van der Waals surface area contributed by atoms with E-state index in [1.165, 1.54) is 11.6 Å². The summed E-state index contributed by atoms with van der Waals surface area (Å²) in [7, 11) is 0. The van der Waals surface area contributed by atoms with Gasteiger partial charge in [0.05, 0.1) is 5.56 Å². The Labute approximate surface area is 169 Å². The third-order valence-electron chi connectivity index (χ3n) is 4.89. The van der Waals surface area contributed by atoms with Crippen LogP contribution in [0.2, 0.25) is 0 Å². The van der Waals surface area contributed by atoms with Gasteiger partial charge in [0.15, 0.2) is 5.76 Å². The van der Waals surface area contributed by atoms with E-state index in [2.05, 4.69) is 26.0 Å². The van der Waals surface area contributed by atoms with Gasteiger partial charge in [-0.3, -0.25) is 4.79 Å². The Bertz CT molecular complexity index is 1080. The monoisotopic (exact) mass is 388 g/mol. The van der Waals surface area contributed by atoms with Crippen LogP contribution in [0, 0.1) is 5.82 Å². The summed E-state index contributed by atoms with van der Waals surface area (Å²) in [6.07, 6.45) is 1.74. The molecule has 3 aromatic carbocycles. The van der Waals surface area contributed by atoms with E-state index >= 15 is 0 Å². The number of ether oxygens (including phenoxy) is 2. The van der Waals surface area contributed by atoms with Crippen molar-refractivity contribution in [3.8, 4) is 11.5 Å².